The number of benzene rings is 2. The molecule has 0 aromatic heterocycles. The van der Waals surface area contributed by atoms with Gasteiger partial charge in [0, 0.05) is 26.1 Å². The lowest BCUT2D eigenvalue weighted by Gasteiger charge is -2.28. The Kier molecular flexibility index (Phi) is 6.14. The highest BCUT2D eigenvalue weighted by Crippen LogP contribution is 2.28. The average molecular weight is 367 g/mol. The molecular weight excluding hydrogens is 342 g/mol. The summed E-state index contributed by atoms with van der Waals surface area (Å²) in [4.78, 5) is 14.1. The van der Waals surface area contributed by atoms with Gasteiger partial charge in [0.2, 0.25) is 5.91 Å². The molecule has 5 nitrogen and oxygen atoms in total. The zero-order valence-electron chi connectivity index (χ0n) is 16.0. The first-order valence-corrected chi connectivity index (χ1v) is 8.94. The van der Waals surface area contributed by atoms with Crippen LogP contribution in [0.4, 0.5) is 0 Å². The van der Waals surface area contributed by atoms with Crippen molar-refractivity contribution in [2.24, 2.45) is 0 Å². The number of rotatable bonds is 6. The van der Waals surface area contributed by atoms with Crippen LogP contribution < -0.4 is 9.47 Å². The van der Waals surface area contributed by atoms with Crippen LogP contribution in [0.15, 0.2) is 48.5 Å². The van der Waals surface area contributed by atoms with Crippen molar-refractivity contribution in [1.29, 1.82) is 0 Å². The summed E-state index contributed by atoms with van der Waals surface area (Å²) in [5.41, 5.74) is 3.41. The third-order valence-corrected chi connectivity index (χ3v) is 4.72. The quantitative estimate of drug-likeness (QED) is 0.735. The maximum atomic E-state index is 12.4. The van der Waals surface area contributed by atoms with Gasteiger partial charge in [0.15, 0.2) is 11.5 Å². The minimum Gasteiger partial charge on any atom is -0.493 e. The molecule has 1 unspecified atom stereocenters. The van der Waals surface area contributed by atoms with E-state index in [9.17, 15) is 4.79 Å². The zero-order valence-corrected chi connectivity index (χ0v) is 16.0. The zero-order chi connectivity index (χ0) is 19.2. The van der Waals surface area contributed by atoms with Crippen LogP contribution in [-0.4, -0.2) is 44.7 Å². The Bertz CT molecular complexity index is 831. The monoisotopic (exact) mass is 367 g/mol. The molecule has 0 fully saturated rings. The largest absolute Gasteiger partial charge is 0.493 e. The van der Waals surface area contributed by atoms with E-state index in [1.54, 1.807) is 38.3 Å². The van der Waals surface area contributed by atoms with Crippen molar-refractivity contribution in [1.82, 2.24) is 4.90 Å². The van der Waals surface area contributed by atoms with E-state index < -0.39 is 0 Å². The molecule has 0 bridgehead atoms. The molecule has 0 radical (unpaired) electrons. The SMILES string of the molecule is COc1ccc(/C=C/C(=O)N(C)CC2Cc3ccccc3CO2)cc1OC. The van der Waals surface area contributed by atoms with Gasteiger partial charge in [-0.3, -0.25) is 4.79 Å². The van der Waals surface area contributed by atoms with E-state index in [0.29, 0.717) is 24.7 Å². The Morgan fingerprint density at radius 3 is 2.63 bits per heavy atom. The molecule has 3 rings (SSSR count). The molecular formula is C22H25NO4. The predicted octanol–water partition coefficient (Wildman–Crippen LogP) is 3.32. The fraction of sp³-hybridized carbons (Fsp3) is 0.318. The van der Waals surface area contributed by atoms with E-state index in [-0.39, 0.29) is 12.0 Å². The van der Waals surface area contributed by atoms with Gasteiger partial charge in [-0.1, -0.05) is 30.3 Å². The number of nitrogens with zero attached hydrogens (tertiary/aromatic N) is 1. The van der Waals surface area contributed by atoms with Crippen LogP contribution in [0.5, 0.6) is 11.5 Å². The molecule has 0 N–H and O–H groups in total. The first-order valence-electron chi connectivity index (χ1n) is 8.94. The van der Waals surface area contributed by atoms with Crippen molar-refractivity contribution in [2.45, 2.75) is 19.1 Å². The second-order valence-corrected chi connectivity index (χ2v) is 6.57. The number of methoxy groups -OCH3 is 2. The first kappa shape index (κ1) is 19.0. The minimum atomic E-state index is -0.0627. The molecule has 1 aliphatic heterocycles. The van der Waals surface area contributed by atoms with E-state index in [1.807, 2.05) is 30.3 Å². The summed E-state index contributed by atoms with van der Waals surface area (Å²) in [7, 11) is 4.98. The fourth-order valence-electron chi connectivity index (χ4n) is 3.17. The first-order chi connectivity index (χ1) is 13.1. The highest BCUT2D eigenvalue weighted by Gasteiger charge is 2.21. The van der Waals surface area contributed by atoms with Gasteiger partial charge >= 0.3 is 0 Å². The average Bonchev–Trinajstić information content (AvgIpc) is 2.71. The number of amides is 1. The van der Waals surface area contributed by atoms with Crippen molar-refractivity contribution in [3.05, 3.63) is 65.2 Å². The topological polar surface area (TPSA) is 48.0 Å². The summed E-state index contributed by atoms with van der Waals surface area (Å²) in [5, 5.41) is 0. The third kappa shape index (κ3) is 4.68. The maximum absolute atomic E-state index is 12.4. The summed E-state index contributed by atoms with van der Waals surface area (Å²) in [6.45, 7) is 1.16. The third-order valence-electron chi connectivity index (χ3n) is 4.72. The summed E-state index contributed by atoms with van der Waals surface area (Å²) in [6.07, 6.45) is 4.19. The lowest BCUT2D eigenvalue weighted by Crippen LogP contribution is -2.37. The second-order valence-electron chi connectivity index (χ2n) is 6.57. The van der Waals surface area contributed by atoms with E-state index >= 15 is 0 Å². The molecule has 1 heterocycles. The van der Waals surface area contributed by atoms with Crippen molar-refractivity contribution < 1.29 is 19.0 Å². The van der Waals surface area contributed by atoms with Gasteiger partial charge in [-0.25, -0.2) is 0 Å². The van der Waals surface area contributed by atoms with E-state index in [1.165, 1.54) is 11.1 Å². The highest BCUT2D eigenvalue weighted by atomic mass is 16.5. The van der Waals surface area contributed by atoms with Crippen LogP contribution in [-0.2, 0) is 22.6 Å². The normalized spacial score (nSPS) is 16.0. The lowest BCUT2D eigenvalue weighted by molar-refractivity contribution is -0.126. The van der Waals surface area contributed by atoms with Crippen molar-refractivity contribution in [3.63, 3.8) is 0 Å². The number of likely N-dealkylation sites (N-methyl/N-ethyl adjacent to an activating group) is 1. The van der Waals surface area contributed by atoms with Gasteiger partial charge in [0.05, 0.1) is 26.9 Å². The van der Waals surface area contributed by atoms with Gasteiger partial charge in [0.1, 0.15) is 0 Å². The van der Waals surface area contributed by atoms with Gasteiger partial charge in [0.25, 0.3) is 0 Å². The molecule has 0 saturated carbocycles. The van der Waals surface area contributed by atoms with Crippen LogP contribution in [0.25, 0.3) is 6.08 Å². The van der Waals surface area contributed by atoms with Crippen LogP contribution in [0.3, 0.4) is 0 Å². The van der Waals surface area contributed by atoms with Gasteiger partial charge in [-0.15, -0.1) is 0 Å². The Hall–Kier alpha value is -2.79. The van der Waals surface area contributed by atoms with E-state index in [0.717, 1.165) is 12.0 Å². The lowest BCUT2D eigenvalue weighted by atomic mass is 9.99. The van der Waals surface area contributed by atoms with Crippen molar-refractivity contribution in [3.8, 4) is 11.5 Å². The summed E-state index contributed by atoms with van der Waals surface area (Å²) < 4.78 is 16.4. The standard InChI is InChI=1S/C22H25NO4/c1-23(14-19-13-17-6-4-5-7-18(17)15-27-19)22(24)11-9-16-8-10-20(25-2)21(12-16)26-3/h4-12,19H,13-15H2,1-3H3/b11-9+. The highest BCUT2D eigenvalue weighted by molar-refractivity contribution is 5.91. The van der Waals surface area contributed by atoms with Crippen LogP contribution >= 0.6 is 0 Å². The Balaban J connectivity index is 1.59. The Morgan fingerprint density at radius 1 is 1.15 bits per heavy atom. The molecule has 2 aromatic carbocycles. The molecule has 5 heteroatoms. The van der Waals surface area contributed by atoms with Crippen molar-refractivity contribution >= 4 is 12.0 Å². The van der Waals surface area contributed by atoms with E-state index in [4.69, 9.17) is 14.2 Å². The van der Waals surface area contributed by atoms with Crippen LogP contribution in [0.2, 0.25) is 0 Å². The van der Waals surface area contributed by atoms with Gasteiger partial charge < -0.3 is 19.1 Å². The smallest absolute Gasteiger partial charge is 0.246 e. The molecule has 1 atom stereocenters. The number of hydrogen-bond acceptors (Lipinski definition) is 4. The number of carbonyl (C=O) groups is 1. The number of hydrogen-bond donors (Lipinski definition) is 0. The van der Waals surface area contributed by atoms with Gasteiger partial charge in [-0.05, 0) is 34.9 Å². The fourth-order valence-corrected chi connectivity index (χ4v) is 3.17. The summed E-state index contributed by atoms with van der Waals surface area (Å²) in [6, 6.07) is 13.8. The Morgan fingerprint density at radius 2 is 1.89 bits per heavy atom. The molecule has 0 spiro atoms. The van der Waals surface area contributed by atoms with Crippen LogP contribution in [0, 0.1) is 0 Å². The predicted molar refractivity (Wildman–Crippen MR) is 105 cm³/mol. The molecule has 2 aromatic rings. The molecule has 0 aliphatic carbocycles. The summed E-state index contributed by atoms with van der Waals surface area (Å²) in [5.74, 6) is 1.23. The molecule has 0 saturated heterocycles. The summed E-state index contributed by atoms with van der Waals surface area (Å²) >= 11 is 0. The number of fused-ring (bicyclic) bond motifs is 1. The molecule has 142 valence electrons. The van der Waals surface area contributed by atoms with E-state index in [2.05, 4.69) is 12.1 Å². The molecule has 27 heavy (non-hydrogen) atoms. The Labute approximate surface area is 160 Å². The minimum absolute atomic E-state index is 0.0170. The number of carbonyl (C=O) groups excluding carboxylic acids is 1. The molecule has 1 aliphatic rings. The van der Waals surface area contributed by atoms with Crippen LogP contribution in [0.1, 0.15) is 16.7 Å². The molecule has 1 amide bonds. The van der Waals surface area contributed by atoms with Crippen molar-refractivity contribution in [2.75, 3.05) is 27.8 Å². The number of ether oxygens (including phenoxy) is 3. The maximum Gasteiger partial charge on any atom is 0.246 e. The van der Waals surface area contributed by atoms with Gasteiger partial charge in [-0.2, -0.15) is 0 Å². The second kappa shape index (κ2) is 8.73.